The number of thiophene rings is 1. The molecule has 4 heteroatoms. The van der Waals surface area contributed by atoms with Crippen LogP contribution >= 0.6 is 11.3 Å². The van der Waals surface area contributed by atoms with Crippen LogP contribution in [0.1, 0.15) is 27.7 Å². The van der Waals surface area contributed by atoms with E-state index in [9.17, 15) is 4.79 Å². The van der Waals surface area contributed by atoms with Crippen molar-refractivity contribution in [3.63, 3.8) is 0 Å². The fraction of sp³-hybridized carbons (Fsp3) is 0.353. The summed E-state index contributed by atoms with van der Waals surface area (Å²) < 4.78 is 0. The normalized spacial score (nSPS) is 12.0. The summed E-state index contributed by atoms with van der Waals surface area (Å²) in [5, 5.41) is 5.19. The highest BCUT2D eigenvalue weighted by atomic mass is 32.1. The third kappa shape index (κ3) is 3.64. The largest absolute Gasteiger partial charge is 0.388 e. The lowest BCUT2D eigenvalue weighted by Gasteiger charge is -2.25. The Hall–Kier alpha value is -1.81. The van der Waals surface area contributed by atoms with E-state index in [4.69, 9.17) is 0 Å². The molecule has 0 radical (unpaired) electrons. The van der Waals surface area contributed by atoms with Crippen LogP contribution in [0.4, 0.5) is 5.69 Å². The van der Waals surface area contributed by atoms with Crippen molar-refractivity contribution in [3.05, 3.63) is 51.7 Å². The number of carbonyl (C=O) groups excluding carboxylic acids is 1. The number of likely N-dealkylation sites (N-methyl/N-ethyl adjacent to an activating group) is 1. The third-order valence-corrected chi connectivity index (χ3v) is 4.70. The Morgan fingerprint density at radius 3 is 2.71 bits per heavy atom. The number of aryl methyl sites for hydroxylation is 1. The van der Waals surface area contributed by atoms with Crippen molar-refractivity contribution in [2.45, 2.75) is 26.3 Å². The molecule has 0 spiro atoms. The topological polar surface area (TPSA) is 32.3 Å². The Morgan fingerprint density at radius 1 is 1.38 bits per heavy atom. The smallest absolute Gasteiger partial charge is 0.253 e. The van der Waals surface area contributed by atoms with Crippen molar-refractivity contribution < 1.29 is 4.79 Å². The molecule has 1 unspecified atom stereocenters. The molecule has 1 aromatic heterocycles. The average Bonchev–Trinajstić information content (AvgIpc) is 2.98. The summed E-state index contributed by atoms with van der Waals surface area (Å²) in [6.07, 6.45) is 0.896. The molecule has 1 heterocycles. The van der Waals surface area contributed by atoms with Gasteiger partial charge in [0.25, 0.3) is 5.91 Å². The van der Waals surface area contributed by atoms with Crippen LogP contribution in [0, 0.1) is 6.92 Å². The standard InChI is InChI=1S/C17H22N2OS/c1-12-10-14(7-8-16(12)18-3)17(20)19(4)13(2)11-15-6-5-9-21-15/h5-10,13,18H,11H2,1-4H3. The highest BCUT2D eigenvalue weighted by Gasteiger charge is 2.18. The zero-order valence-electron chi connectivity index (χ0n) is 13.0. The number of amides is 1. The van der Waals surface area contributed by atoms with Crippen molar-refractivity contribution >= 4 is 22.9 Å². The van der Waals surface area contributed by atoms with Crippen molar-refractivity contribution in [1.29, 1.82) is 0 Å². The second kappa shape index (κ2) is 6.76. The highest BCUT2D eigenvalue weighted by Crippen LogP contribution is 2.19. The SMILES string of the molecule is CNc1ccc(C(=O)N(C)C(C)Cc2cccs2)cc1C. The first-order valence-corrected chi connectivity index (χ1v) is 7.99. The van der Waals surface area contributed by atoms with E-state index in [2.05, 4.69) is 23.7 Å². The molecular formula is C17H22N2OS. The summed E-state index contributed by atoms with van der Waals surface area (Å²) in [5.74, 6) is 0.0739. The maximum Gasteiger partial charge on any atom is 0.253 e. The number of hydrogen-bond acceptors (Lipinski definition) is 3. The van der Waals surface area contributed by atoms with E-state index < -0.39 is 0 Å². The van der Waals surface area contributed by atoms with E-state index in [1.165, 1.54) is 4.88 Å². The molecule has 21 heavy (non-hydrogen) atoms. The second-order valence-electron chi connectivity index (χ2n) is 5.33. The van der Waals surface area contributed by atoms with E-state index >= 15 is 0 Å². The van der Waals surface area contributed by atoms with Crippen LogP contribution < -0.4 is 5.32 Å². The molecule has 0 aliphatic carbocycles. The summed E-state index contributed by atoms with van der Waals surface area (Å²) in [5.41, 5.74) is 2.88. The molecule has 112 valence electrons. The van der Waals surface area contributed by atoms with Crippen molar-refractivity contribution in [3.8, 4) is 0 Å². The van der Waals surface area contributed by atoms with Gasteiger partial charge in [0.15, 0.2) is 0 Å². The first-order valence-electron chi connectivity index (χ1n) is 7.11. The fourth-order valence-corrected chi connectivity index (χ4v) is 3.16. The number of anilines is 1. The third-order valence-electron chi connectivity index (χ3n) is 3.80. The number of benzene rings is 1. The molecule has 3 nitrogen and oxygen atoms in total. The molecule has 0 bridgehead atoms. The number of hydrogen-bond donors (Lipinski definition) is 1. The van der Waals surface area contributed by atoms with Gasteiger partial charge in [0, 0.05) is 42.7 Å². The summed E-state index contributed by atoms with van der Waals surface area (Å²) in [6.45, 7) is 4.10. The van der Waals surface area contributed by atoms with Crippen molar-refractivity contribution in [1.82, 2.24) is 4.90 Å². The van der Waals surface area contributed by atoms with Crippen LogP contribution in [0.15, 0.2) is 35.7 Å². The van der Waals surface area contributed by atoms with Gasteiger partial charge in [-0.05, 0) is 49.1 Å². The van der Waals surface area contributed by atoms with E-state index in [1.807, 2.05) is 50.2 Å². The maximum absolute atomic E-state index is 12.6. The summed E-state index contributed by atoms with van der Waals surface area (Å²) >= 11 is 1.74. The summed E-state index contributed by atoms with van der Waals surface area (Å²) in [7, 11) is 3.76. The summed E-state index contributed by atoms with van der Waals surface area (Å²) in [4.78, 5) is 15.7. The first-order chi connectivity index (χ1) is 10.0. The molecule has 0 saturated carbocycles. The number of rotatable bonds is 5. The van der Waals surface area contributed by atoms with Crippen molar-refractivity contribution in [2.24, 2.45) is 0 Å². The van der Waals surface area contributed by atoms with Gasteiger partial charge in [-0.25, -0.2) is 0 Å². The van der Waals surface area contributed by atoms with Crippen LogP contribution in [-0.2, 0) is 6.42 Å². The van der Waals surface area contributed by atoms with Gasteiger partial charge in [0.2, 0.25) is 0 Å². The van der Waals surface area contributed by atoms with Gasteiger partial charge in [0.1, 0.15) is 0 Å². The number of nitrogens with one attached hydrogen (secondary N) is 1. The Kier molecular flexibility index (Phi) is 5.02. The molecule has 1 atom stereocenters. The molecule has 0 aliphatic heterocycles. The Bertz CT molecular complexity index is 607. The molecule has 1 aromatic carbocycles. The number of carbonyl (C=O) groups is 1. The van der Waals surface area contributed by atoms with Gasteiger partial charge >= 0.3 is 0 Å². The average molecular weight is 302 g/mol. The monoisotopic (exact) mass is 302 g/mol. The molecule has 1 amide bonds. The zero-order valence-corrected chi connectivity index (χ0v) is 13.8. The Morgan fingerprint density at radius 2 is 2.14 bits per heavy atom. The van der Waals surface area contributed by atoms with Crippen LogP contribution in [-0.4, -0.2) is 30.9 Å². The number of nitrogens with zero attached hydrogens (tertiary/aromatic N) is 1. The maximum atomic E-state index is 12.6. The predicted octanol–water partition coefficient (Wildman–Crippen LogP) is 3.80. The Balaban J connectivity index is 2.09. The molecule has 2 rings (SSSR count). The van der Waals surface area contributed by atoms with Crippen LogP contribution in [0.25, 0.3) is 0 Å². The summed E-state index contributed by atoms with van der Waals surface area (Å²) in [6, 6.07) is 10.1. The van der Waals surface area contributed by atoms with Gasteiger partial charge in [-0.15, -0.1) is 11.3 Å². The zero-order chi connectivity index (χ0) is 15.4. The molecule has 0 fully saturated rings. The lowest BCUT2D eigenvalue weighted by molar-refractivity contribution is 0.0744. The van der Waals surface area contributed by atoms with Crippen LogP contribution in [0.3, 0.4) is 0 Å². The minimum Gasteiger partial charge on any atom is -0.388 e. The van der Waals surface area contributed by atoms with Crippen molar-refractivity contribution in [2.75, 3.05) is 19.4 Å². The van der Waals surface area contributed by atoms with Gasteiger partial charge in [-0.1, -0.05) is 6.07 Å². The molecule has 0 aliphatic rings. The lowest BCUT2D eigenvalue weighted by Crippen LogP contribution is -2.36. The quantitative estimate of drug-likeness (QED) is 0.911. The van der Waals surface area contributed by atoms with Gasteiger partial charge < -0.3 is 10.2 Å². The van der Waals surface area contributed by atoms with E-state index in [-0.39, 0.29) is 11.9 Å². The van der Waals surface area contributed by atoms with E-state index in [0.717, 1.165) is 23.2 Å². The fourth-order valence-electron chi connectivity index (χ4n) is 2.34. The second-order valence-corrected chi connectivity index (χ2v) is 6.36. The highest BCUT2D eigenvalue weighted by molar-refractivity contribution is 7.09. The van der Waals surface area contributed by atoms with Gasteiger partial charge in [-0.2, -0.15) is 0 Å². The lowest BCUT2D eigenvalue weighted by atomic mass is 10.1. The molecular weight excluding hydrogens is 280 g/mol. The molecule has 0 saturated heterocycles. The molecule has 1 N–H and O–H groups in total. The minimum absolute atomic E-state index is 0.0739. The van der Waals surface area contributed by atoms with Crippen LogP contribution in [0.2, 0.25) is 0 Å². The predicted molar refractivity (Wildman–Crippen MR) is 90.3 cm³/mol. The molecule has 2 aromatic rings. The van der Waals surface area contributed by atoms with Gasteiger partial charge in [-0.3, -0.25) is 4.79 Å². The van der Waals surface area contributed by atoms with E-state index in [0.29, 0.717) is 0 Å². The van der Waals surface area contributed by atoms with Crippen LogP contribution in [0.5, 0.6) is 0 Å². The Labute approximate surface area is 130 Å². The van der Waals surface area contributed by atoms with E-state index in [1.54, 1.807) is 11.3 Å². The first kappa shape index (κ1) is 15.6. The minimum atomic E-state index is 0.0739. The van der Waals surface area contributed by atoms with Gasteiger partial charge in [0.05, 0.1) is 0 Å².